The summed E-state index contributed by atoms with van der Waals surface area (Å²) >= 11 is 1.53. The lowest BCUT2D eigenvalue weighted by atomic mass is 9.96. The molecule has 1 aromatic carbocycles. The molecule has 0 aliphatic rings. The predicted molar refractivity (Wildman–Crippen MR) is 77.2 cm³/mol. The molecule has 0 fully saturated rings. The standard InChI is InChI=1S/C14H18N2OS/c1-8-6-9(2)11-10(7-8)15-13(18-11)16-12(17)14(3,4)5/h6-7H,1-5H3,(H,15,16,17). The fourth-order valence-electron chi connectivity index (χ4n) is 1.71. The smallest absolute Gasteiger partial charge is 0.231 e. The molecule has 2 aromatic rings. The third-order valence-corrected chi connectivity index (χ3v) is 3.84. The zero-order chi connectivity index (χ0) is 13.5. The van der Waals surface area contributed by atoms with Crippen LogP contribution < -0.4 is 5.32 Å². The van der Waals surface area contributed by atoms with Crippen molar-refractivity contribution in [3.05, 3.63) is 23.3 Å². The van der Waals surface area contributed by atoms with Crippen molar-refractivity contribution in [2.24, 2.45) is 5.41 Å². The number of carbonyl (C=O) groups is 1. The zero-order valence-corrected chi connectivity index (χ0v) is 12.2. The minimum atomic E-state index is -0.400. The molecule has 0 bridgehead atoms. The Morgan fingerprint density at radius 3 is 2.56 bits per heavy atom. The van der Waals surface area contributed by atoms with Gasteiger partial charge in [0.1, 0.15) is 0 Å². The zero-order valence-electron chi connectivity index (χ0n) is 11.4. The number of aryl methyl sites for hydroxylation is 2. The Bertz CT molecular complexity index is 608. The third-order valence-electron chi connectivity index (χ3n) is 2.72. The Balaban J connectivity index is 2.37. The maximum atomic E-state index is 11.9. The van der Waals surface area contributed by atoms with Gasteiger partial charge >= 0.3 is 0 Å². The first-order valence-corrected chi connectivity index (χ1v) is 6.78. The molecule has 0 aliphatic carbocycles. The van der Waals surface area contributed by atoms with Crippen LogP contribution in [-0.2, 0) is 4.79 Å². The molecule has 0 saturated carbocycles. The molecule has 0 radical (unpaired) electrons. The molecule has 1 amide bonds. The highest BCUT2D eigenvalue weighted by molar-refractivity contribution is 7.22. The molecule has 0 atom stereocenters. The van der Waals surface area contributed by atoms with Crippen molar-refractivity contribution in [2.45, 2.75) is 34.6 Å². The number of rotatable bonds is 1. The largest absolute Gasteiger partial charge is 0.301 e. The number of thiazole rings is 1. The van der Waals surface area contributed by atoms with E-state index in [1.807, 2.05) is 26.8 Å². The van der Waals surface area contributed by atoms with E-state index in [0.29, 0.717) is 5.13 Å². The monoisotopic (exact) mass is 262 g/mol. The Morgan fingerprint density at radius 1 is 1.28 bits per heavy atom. The van der Waals surface area contributed by atoms with Crippen molar-refractivity contribution in [2.75, 3.05) is 5.32 Å². The van der Waals surface area contributed by atoms with Gasteiger partial charge in [-0.2, -0.15) is 0 Å². The topological polar surface area (TPSA) is 42.0 Å². The van der Waals surface area contributed by atoms with Crippen LogP contribution in [0.1, 0.15) is 31.9 Å². The molecule has 4 heteroatoms. The summed E-state index contributed by atoms with van der Waals surface area (Å²) < 4.78 is 1.14. The van der Waals surface area contributed by atoms with Crippen molar-refractivity contribution in [3.63, 3.8) is 0 Å². The molecular formula is C14H18N2OS. The van der Waals surface area contributed by atoms with Gasteiger partial charge in [-0.1, -0.05) is 38.2 Å². The Labute approximate surface area is 111 Å². The molecular weight excluding hydrogens is 244 g/mol. The first-order valence-electron chi connectivity index (χ1n) is 5.96. The number of amides is 1. The number of nitrogens with one attached hydrogen (secondary N) is 1. The molecule has 0 spiro atoms. The molecule has 18 heavy (non-hydrogen) atoms. The normalized spacial score (nSPS) is 11.8. The summed E-state index contributed by atoms with van der Waals surface area (Å²) in [5, 5.41) is 3.57. The van der Waals surface area contributed by atoms with Gasteiger partial charge in [-0.25, -0.2) is 4.98 Å². The van der Waals surface area contributed by atoms with Crippen LogP contribution in [0.3, 0.4) is 0 Å². The second kappa shape index (κ2) is 4.35. The highest BCUT2D eigenvalue weighted by atomic mass is 32.1. The van der Waals surface area contributed by atoms with E-state index in [0.717, 1.165) is 10.2 Å². The Hall–Kier alpha value is -1.42. The van der Waals surface area contributed by atoms with E-state index in [1.165, 1.54) is 22.5 Å². The average Bonchev–Trinajstić information content (AvgIpc) is 2.58. The summed E-state index contributed by atoms with van der Waals surface area (Å²) in [5.41, 5.74) is 2.96. The lowest BCUT2D eigenvalue weighted by Crippen LogP contribution is -2.27. The molecule has 1 N–H and O–H groups in total. The number of aromatic nitrogens is 1. The molecule has 0 unspecified atom stereocenters. The average molecular weight is 262 g/mol. The van der Waals surface area contributed by atoms with Gasteiger partial charge in [-0.15, -0.1) is 0 Å². The van der Waals surface area contributed by atoms with E-state index in [-0.39, 0.29) is 5.91 Å². The summed E-state index contributed by atoms with van der Waals surface area (Å²) in [7, 11) is 0. The number of anilines is 1. The van der Waals surface area contributed by atoms with Crippen molar-refractivity contribution in [1.29, 1.82) is 0 Å². The Kier molecular flexibility index (Phi) is 3.15. The van der Waals surface area contributed by atoms with E-state index in [4.69, 9.17) is 0 Å². The minimum absolute atomic E-state index is 0.00377. The lowest BCUT2D eigenvalue weighted by Gasteiger charge is -2.15. The highest BCUT2D eigenvalue weighted by Crippen LogP contribution is 2.30. The number of carbonyl (C=O) groups excluding carboxylic acids is 1. The van der Waals surface area contributed by atoms with Crippen LogP contribution in [0.25, 0.3) is 10.2 Å². The van der Waals surface area contributed by atoms with Crippen molar-refractivity contribution >= 4 is 32.6 Å². The summed E-state index contributed by atoms with van der Waals surface area (Å²) in [6.45, 7) is 9.81. The first-order chi connectivity index (χ1) is 8.27. The van der Waals surface area contributed by atoms with Gasteiger partial charge in [0, 0.05) is 5.41 Å². The third kappa shape index (κ3) is 2.53. The van der Waals surface area contributed by atoms with Crippen molar-refractivity contribution in [1.82, 2.24) is 4.98 Å². The second-order valence-corrected chi connectivity index (χ2v) is 6.65. The Morgan fingerprint density at radius 2 is 1.94 bits per heavy atom. The molecule has 1 aromatic heterocycles. The quantitative estimate of drug-likeness (QED) is 0.847. The van der Waals surface area contributed by atoms with Crippen LogP contribution in [0.4, 0.5) is 5.13 Å². The summed E-state index contributed by atoms with van der Waals surface area (Å²) in [6, 6.07) is 4.18. The van der Waals surface area contributed by atoms with Crippen molar-refractivity contribution in [3.8, 4) is 0 Å². The number of hydrogen-bond donors (Lipinski definition) is 1. The summed E-state index contributed by atoms with van der Waals surface area (Å²) in [4.78, 5) is 16.4. The van der Waals surface area contributed by atoms with E-state index >= 15 is 0 Å². The van der Waals surface area contributed by atoms with Crippen molar-refractivity contribution < 1.29 is 4.79 Å². The van der Waals surface area contributed by atoms with Gasteiger partial charge in [0.15, 0.2) is 5.13 Å². The van der Waals surface area contributed by atoms with Gasteiger partial charge in [0.25, 0.3) is 0 Å². The van der Waals surface area contributed by atoms with Crippen LogP contribution in [0.2, 0.25) is 0 Å². The molecule has 96 valence electrons. The fourth-order valence-corrected chi connectivity index (χ4v) is 2.62. The van der Waals surface area contributed by atoms with E-state index in [2.05, 4.69) is 30.2 Å². The van der Waals surface area contributed by atoms with Crippen LogP contribution in [0, 0.1) is 19.3 Å². The van der Waals surface area contributed by atoms with E-state index < -0.39 is 5.41 Å². The first kappa shape index (κ1) is 13.0. The number of fused-ring (bicyclic) bond motifs is 1. The minimum Gasteiger partial charge on any atom is -0.301 e. The predicted octanol–water partition coefficient (Wildman–Crippen LogP) is 3.90. The summed E-state index contributed by atoms with van der Waals surface area (Å²) in [6.07, 6.45) is 0. The van der Waals surface area contributed by atoms with Crippen LogP contribution in [0.5, 0.6) is 0 Å². The SMILES string of the molecule is Cc1cc(C)c2sc(NC(=O)C(C)(C)C)nc2c1. The highest BCUT2D eigenvalue weighted by Gasteiger charge is 2.22. The molecule has 1 heterocycles. The maximum absolute atomic E-state index is 11.9. The number of benzene rings is 1. The van der Waals surface area contributed by atoms with Gasteiger partial charge in [-0.05, 0) is 31.0 Å². The molecule has 3 nitrogen and oxygen atoms in total. The van der Waals surface area contributed by atoms with E-state index in [1.54, 1.807) is 0 Å². The number of hydrogen-bond acceptors (Lipinski definition) is 3. The second-order valence-electron chi connectivity index (χ2n) is 5.65. The molecule has 2 rings (SSSR count). The van der Waals surface area contributed by atoms with Gasteiger partial charge in [0.2, 0.25) is 5.91 Å². The van der Waals surface area contributed by atoms with Gasteiger partial charge < -0.3 is 5.32 Å². The van der Waals surface area contributed by atoms with Crippen LogP contribution in [0.15, 0.2) is 12.1 Å². The fraction of sp³-hybridized carbons (Fsp3) is 0.429. The summed E-state index contributed by atoms with van der Waals surface area (Å²) in [5.74, 6) is -0.00377. The maximum Gasteiger partial charge on any atom is 0.231 e. The van der Waals surface area contributed by atoms with E-state index in [9.17, 15) is 4.79 Å². The molecule has 0 aliphatic heterocycles. The van der Waals surface area contributed by atoms with Gasteiger partial charge in [-0.3, -0.25) is 4.79 Å². The van der Waals surface area contributed by atoms with Crippen LogP contribution >= 0.6 is 11.3 Å². The number of nitrogens with zero attached hydrogens (tertiary/aromatic N) is 1. The van der Waals surface area contributed by atoms with Gasteiger partial charge in [0.05, 0.1) is 10.2 Å². The molecule has 0 saturated heterocycles. The van der Waals surface area contributed by atoms with Crippen LogP contribution in [-0.4, -0.2) is 10.9 Å². The lowest BCUT2D eigenvalue weighted by molar-refractivity contribution is -0.123.